The molecular weight excluding hydrogens is 366 g/mol. The Morgan fingerprint density at radius 3 is 2.55 bits per heavy atom. The Balaban J connectivity index is 1.37. The van der Waals surface area contributed by atoms with E-state index >= 15 is 0 Å². The number of aryl methyl sites for hydroxylation is 2. The number of anilines is 1. The molecule has 0 bridgehead atoms. The second-order valence-electron chi connectivity index (χ2n) is 8.07. The van der Waals surface area contributed by atoms with Crippen LogP contribution in [0.5, 0.6) is 5.75 Å². The lowest BCUT2D eigenvalue weighted by molar-refractivity contribution is 0.0562. The summed E-state index contributed by atoms with van der Waals surface area (Å²) in [5, 5.41) is 0. The molecule has 4 rings (SSSR count). The minimum Gasteiger partial charge on any atom is -0.495 e. The fourth-order valence-electron chi connectivity index (χ4n) is 4.67. The zero-order valence-corrected chi connectivity index (χ0v) is 17.7. The van der Waals surface area contributed by atoms with Crippen molar-refractivity contribution in [3.8, 4) is 5.75 Å². The highest BCUT2D eigenvalue weighted by molar-refractivity contribution is 5.95. The maximum atomic E-state index is 13.0. The molecule has 2 aromatic rings. The number of likely N-dealkylation sites (tertiary alicyclic amines) is 1. The SMILES string of the molecule is COc1ccccc1N1CCN([C@H]2CCCN(C(=O)c3cc(C)oc3C)C2)CC1. The normalized spacial score (nSPS) is 20.7. The van der Waals surface area contributed by atoms with E-state index in [1.807, 2.05) is 36.9 Å². The van der Waals surface area contributed by atoms with Gasteiger partial charge in [0, 0.05) is 45.3 Å². The third kappa shape index (κ3) is 4.13. The number of methoxy groups -OCH3 is 1. The van der Waals surface area contributed by atoms with E-state index in [4.69, 9.17) is 9.15 Å². The van der Waals surface area contributed by atoms with Gasteiger partial charge in [0.1, 0.15) is 17.3 Å². The average molecular weight is 398 g/mol. The summed E-state index contributed by atoms with van der Waals surface area (Å²) in [5.74, 6) is 2.56. The van der Waals surface area contributed by atoms with E-state index in [9.17, 15) is 4.79 Å². The summed E-state index contributed by atoms with van der Waals surface area (Å²) in [5.41, 5.74) is 1.88. The van der Waals surface area contributed by atoms with Crippen molar-refractivity contribution in [1.82, 2.24) is 9.80 Å². The van der Waals surface area contributed by atoms with Gasteiger partial charge in [-0.05, 0) is 44.9 Å². The van der Waals surface area contributed by atoms with Gasteiger partial charge in [-0.15, -0.1) is 0 Å². The van der Waals surface area contributed by atoms with E-state index in [1.165, 1.54) is 5.69 Å². The molecule has 6 heteroatoms. The molecule has 156 valence electrons. The molecule has 1 aromatic heterocycles. The third-order valence-electron chi connectivity index (χ3n) is 6.21. The van der Waals surface area contributed by atoms with Gasteiger partial charge in [0.2, 0.25) is 0 Å². The second-order valence-corrected chi connectivity index (χ2v) is 8.07. The van der Waals surface area contributed by atoms with Gasteiger partial charge >= 0.3 is 0 Å². The van der Waals surface area contributed by atoms with Crippen molar-refractivity contribution in [1.29, 1.82) is 0 Å². The number of nitrogens with zero attached hydrogens (tertiary/aromatic N) is 3. The Morgan fingerprint density at radius 2 is 1.86 bits per heavy atom. The van der Waals surface area contributed by atoms with Gasteiger partial charge in [-0.25, -0.2) is 0 Å². The van der Waals surface area contributed by atoms with Crippen LogP contribution in [0, 0.1) is 13.8 Å². The maximum Gasteiger partial charge on any atom is 0.257 e. The van der Waals surface area contributed by atoms with Crippen molar-refractivity contribution >= 4 is 11.6 Å². The van der Waals surface area contributed by atoms with Crippen LogP contribution in [0.2, 0.25) is 0 Å². The molecule has 2 aliphatic rings. The first-order valence-corrected chi connectivity index (χ1v) is 10.5. The number of piperazine rings is 1. The monoisotopic (exact) mass is 397 g/mol. The summed E-state index contributed by atoms with van der Waals surface area (Å²) < 4.78 is 11.1. The van der Waals surface area contributed by atoms with E-state index < -0.39 is 0 Å². The number of furan rings is 1. The Morgan fingerprint density at radius 1 is 1.10 bits per heavy atom. The third-order valence-corrected chi connectivity index (χ3v) is 6.21. The zero-order chi connectivity index (χ0) is 20.4. The number of benzene rings is 1. The molecule has 2 fully saturated rings. The van der Waals surface area contributed by atoms with Crippen LogP contribution < -0.4 is 9.64 Å². The summed E-state index contributed by atoms with van der Waals surface area (Å²) in [6.07, 6.45) is 2.21. The molecule has 2 saturated heterocycles. The molecular formula is C23H31N3O3. The first-order chi connectivity index (χ1) is 14.1. The van der Waals surface area contributed by atoms with Crippen molar-refractivity contribution in [3.05, 3.63) is 47.4 Å². The molecule has 0 unspecified atom stereocenters. The fraction of sp³-hybridized carbons (Fsp3) is 0.522. The minimum absolute atomic E-state index is 0.108. The van der Waals surface area contributed by atoms with Crippen LogP contribution in [0.25, 0.3) is 0 Å². The molecule has 1 aromatic carbocycles. The quantitative estimate of drug-likeness (QED) is 0.792. The molecule has 1 atom stereocenters. The van der Waals surface area contributed by atoms with E-state index in [1.54, 1.807) is 7.11 Å². The molecule has 0 saturated carbocycles. The fourth-order valence-corrected chi connectivity index (χ4v) is 4.67. The van der Waals surface area contributed by atoms with Gasteiger partial charge in [-0.2, -0.15) is 0 Å². The van der Waals surface area contributed by atoms with Gasteiger partial charge in [0.15, 0.2) is 0 Å². The summed E-state index contributed by atoms with van der Waals surface area (Å²) in [6, 6.07) is 10.5. The molecule has 2 aliphatic heterocycles. The molecule has 6 nitrogen and oxygen atoms in total. The Hall–Kier alpha value is -2.47. The summed E-state index contributed by atoms with van der Waals surface area (Å²) in [6.45, 7) is 9.37. The van der Waals surface area contributed by atoms with Crippen LogP contribution in [0.3, 0.4) is 0 Å². The van der Waals surface area contributed by atoms with Crippen LogP contribution in [-0.2, 0) is 0 Å². The molecule has 29 heavy (non-hydrogen) atoms. The molecule has 3 heterocycles. The standard InChI is InChI=1S/C23H31N3O3/c1-17-15-20(18(2)29-17)23(27)26-10-6-7-19(16-26)24-11-13-25(14-12-24)21-8-4-5-9-22(21)28-3/h4-5,8-9,15,19H,6-7,10-14,16H2,1-3H3/t19-/m0/s1. The second kappa shape index (κ2) is 8.49. The molecule has 1 amide bonds. The van der Waals surface area contributed by atoms with Crippen LogP contribution >= 0.6 is 0 Å². The number of hydrogen-bond donors (Lipinski definition) is 0. The highest BCUT2D eigenvalue weighted by Gasteiger charge is 2.31. The van der Waals surface area contributed by atoms with Gasteiger partial charge in [-0.1, -0.05) is 12.1 Å². The molecule has 0 N–H and O–H groups in total. The number of amides is 1. The van der Waals surface area contributed by atoms with Crippen LogP contribution in [0.1, 0.15) is 34.7 Å². The average Bonchev–Trinajstić information content (AvgIpc) is 3.11. The van der Waals surface area contributed by atoms with E-state index in [-0.39, 0.29) is 5.91 Å². The first-order valence-electron chi connectivity index (χ1n) is 10.5. The molecule has 0 spiro atoms. The van der Waals surface area contributed by atoms with Crippen molar-refractivity contribution in [2.75, 3.05) is 51.3 Å². The number of hydrogen-bond acceptors (Lipinski definition) is 5. The number of carbonyl (C=O) groups is 1. The van der Waals surface area contributed by atoms with Crippen LogP contribution in [0.4, 0.5) is 5.69 Å². The van der Waals surface area contributed by atoms with Crippen molar-refractivity contribution in [3.63, 3.8) is 0 Å². The molecule has 0 radical (unpaired) electrons. The Labute approximate surface area is 173 Å². The van der Waals surface area contributed by atoms with E-state index in [0.717, 1.165) is 69.4 Å². The van der Waals surface area contributed by atoms with Gasteiger partial charge in [0.25, 0.3) is 5.91 Å². The van der Waals surface area contributed by atoms with Crippen LogP contribution in [-0.4, -0.2) is 68.1 Å². The lowest BCUT2D eigenvalue weighted by Crippen LogP contribution is -2.56. The van der Waals surface area contributed by atoms with E-state index in [0.29, 0.717) is 11.6 Å². The highest BCUT2D eigenvalue weighted by atomic mass is 16.5. The summed E-state index contributed by atoms with van der Waals surface area (Å²) in [4.78, 5) is 20.0. The predicted molar refractivity (Wildman–Crippen MR) is 114 cm³/mol. The van der Waals surface area contributed by atoms with Gasteiger partial charge in [-0.3, -0.25) is 9.69 Å². The largest absolute Gasteiger partial charge is 0.495 e. The number of ether oxygens (including phenoxy) is 1. The predicted octanol–water partition coefficient (Wildman–Crippen LogP) is 3.33. The smallest absolute Gasteiger partial charge is 0.257 e. The number of para-hydroxylation sites is 2. The van der Waals surface area contributed by atoms with Crippen LogP contribution in [0.15, 0.2) is 34.7 Å². The van der Waals surface area contributed by atoms with Crippen molar-refractivity contribution in [2.45, 2.75) is 32.7 Å². The highest BCUT2D eigenvalue weighted by Crippen LogP contribution is 2.29. The number of carbonyl (C=O) groups excluding carboxylic acids is 1. The Bertz CT molecular complexity index is 855. The minimum atomic E-state index is 0.108. The van der Waals surface area contributed by atoms with Gasteiger partial charge < -0.3 is 19.0 Å². The lowest BCUT2D eigenvalue weighted by atomic mass is 10.0. The van der Waals surface area contributed by atoms with Crippen molar-refractivity contribution in [2.24, 2.45) is 0 Å². The number of piperidine rings is 1. The summed E-state index contributed by atoms with van der Waals surface area (Å²) in [7, 11) is 1.73. The number of rotatable bonds is 4. The first kappa shape index (κ1) is 19.8. The summed E-state index contributed by atoms with van der Waals surface area (Å²) >= 11 is 0. The van der Waals surface area contributed by atoms with Crippen molar-refractivity contribution < 1.29 is 13.9 Å². The molecule has 0 aliphatic carbocycles. The zero-order valence-electron chi connectivity index (χ0n) is 17.7. The lowest BCUT2D eigenvalue weighted by Gasteiger charge is -2.44. The topological polar surface area (TPSA) is 49.2 Å². The Kier molecular flexibility index (Phi) is 5.81. The maximum absolute atomic E-state index is 13.0. The van der Waals surface area contributed by atoms with Gasteiger partial charge in [0.05, 0.1) is 18.4 Å². The van der Waals surface area contributed by atoms with E-state index in [2.05, 4.69) is 21.9 Å².